The van der Waals surface area contributed by atoms with E-state index < -0.39 is 17.7 Å². The molecule has 0 N–H and O–H groups in total. The fourth-order valence-electron chi connectivity index (χ4n) is 2.01. The molecule has 0 heterocycles. The van der Waals surface area contributed by atoms with Crippen molar-refractivity contribution in [3.05, 3.63) is 35.4 Å². The van der Waals surface area contributed by atoms with Gasteiger partial charge in [-0.3, -0.25) is 9.69 Å². The molecule has 0 fully saturated rings. The molecule has 1 rings (SSSR count). The Bertz CT molecular complexity index is 525. The summed E-state index contributed by atoms with van der Waals surface area (Å²) in [7, 11) is 0. The highest BCUT2D eigenvalue weighted by atomic mass is 19.2. The lowest BCUT2D eigenvalue weighted by Crippen LogP contribution is -2.41. The Morgan fingerprint density at radius 3 is 2.50 bits per heavy atom. The van der Waals surface area contributed by atoms with E-state index in [9.17, 15) is 13.6 Å². The maximum Gasteiger partial charge on any atom is 0.179 e. The van der Waals surface area contributed by atoms with Crippen molar-refractivity contribution in [2.24, 2.45) is 5.92 Å². The molecule has 0 amide bonds. The molecular formula is C15H18F2N2O. The lowest BCUT2D eigenvalue weighted by molar-refractivity contribution is 0.0834. The fraction of sp³-hybridized carbons (Fsp3) is 0.467. The number of halogens is 2. The zero-order valence-corrected chi connectivity index (χ0v) is 11.9. The van der Waals surface area contributed by atoms with Crippen LogP contribution in [-0.2, 0) is 0 Å². The van der Waals surface area contributed by atoms with Crippen molar-refractivity contribution in [1.82, 2.24) is 4.90 Å². The predicted molar refractivity (Wildman–Crippen MR) is 72.2 cm³/mol. The van der Waals surface area contributed by atoms with Gasteiger partial charge in [0.15, 0.2) is 17.4 Å². The Morgan fingerprint density at radius 2 is 2.00 bits per heavy atom. The first-order chi connectivity index (χ1) is 9.40. The van der Waals surface area contributed by atoms with Gasteiger partial charge in [-0.2, -0.15) is 5.26 Å². The lowest BCUT2D eigenvalue weighted by atomic mass is 10.0. The molecule has 0 aliphatic carbocycles. The van der Waals surface area contributed by atoms with Crippen LogP contribution in [0.4, 0.5) is 8.78 Å². The molecule has 0 aliphatic heterocycles. The van der Waals surface area contributed by atoms with E-state index in [4.69, 9.17) is 5.26 Å². The van der Waals surface area contributed by atoms with E-state index in [1.54, 1.807) is 13.8 Å². The van der Waals surface area contributed by atoms with Crippen LogP contribution >= 0.6 is 0 Å². The number of Topliss-reactive ketones (excluding diaryl/α,β-unsaturated/α-hetero) is 1. The first-order valence-corrected chi connectivity index (χ1v) is 6.53. The molecule has 0 bridgehead atoms. The van der Waals surface area contributed by atoms with Crippen LogP contribution in [0.1, 0.15) is 31.1 Å². The minimum Gasteiger partial charge on any atom is -0.292 e. The number of nitriles is 1. The molecule has 0 saturated carbocycles. The van der Waals surface area contributed by atoms with E-state index in [2.05, 4.69) is 6.07 Å². The first-order valence-electron chi connectivity index (χ1n) is 6.53. The zero-order chi connectivity index (χ0) is 15.3. The van der Waals surface area contributed by atoms with Crippen molar-refractivity contribution in [2.75, 3.05) is 13.1 Å². The van der Waals surface area contributed by atoms with Gasteiger partial charge in [0.2, 0.25) is 0 Å². The largest absolute Gasteiger partial charge is 0.292 e. The van der Waals surface area contributed by atoms with Crippen molar-refractivity contribution in [2.45, 2.75) is 26.8 Å². The van der Waals surface area contributed by atoms with Gasteiger partial charge in [0.1, 0.15) is 0 Å². The van der Waals surface area contributed by atoms with Gasteiger partial charge < -0.3 is 0 Å². The van der Waals surface area contributed by atoms with Crippen LogP contribution < -0.4 is 0 Å². The second-order valence-electron chi connectivity index (χ2n) is 4.79. The third-order valence-electron chi connectivity index (χ3n) is 3.27. The fourth-order valence-corrected chi connectivity index (χ4v) is 2.01. The van der Waals surface area contributed by atoms with Crippen LogP contribution in [0, 0.1) is 28.9 Å². The van der Waals surface area contributed by atoms with E-state index in [0.717, 1.165) is 12.1 Å². The van der Waals surface area contributed by atoms with Gasteiger partial charge in [0, 0.05) is 12.1 Å². The van der Waals surface area contributed by atoms with Crippen LogP contribution in [0.5, 0.6) is 0 Å². The number of ketones is 1. The van der Waals surface area contributed by atoms with Gasteiger partial charge >= 0.3 is 0 Å². The summed E-state index contributed by atoms with van der Waals surface area (Å²) in [6.07, 6.45) is 0. The number of carbonyl (C=O) groups excluding carboxylic acids is 1. The van der Waals surface area contributed by atoms with E-state index in [1.165, 1.54) is 6.07 Å². The van der Waals surface area contributed by atoms with Crippen LogP contribution in [0.15, 0.2) is 18.2 Å². The second kappa shape index (κ2) is 7.11. The maximum absolute atomic E-state index is 13.2. The van der Waals surface area contributed by atoms with E-state index in [1.807, 2.05) is 11.8 Å². The summed E-state index contributed by atoms with van der Waals surface area (Å²) in [5.41, 5.74) is 0.138. The van der Waals surface area contributed by atoms with Gasteiger partial charge in [-0.1, -0.05) is 6.92 Å². The minimum absolute atomic E-state index is 0.138. The average molecular weight is 280 g/mol. The zero-order valence-electron chi connectivity index (χ0n) is 11.9. The Hall–Kier alpha value is -1.80. The summed E-state index contributed by atoms with van der Waals surface area (Å²) in [5, 5.41) is 8.83. The van der Waals surface area contributed by atoms with Crippen LogP contribution in [-0.4, -0.2) is 29.8 Å². The standard InChI is InChI=1S/C15H18F2N2O/c1-4-19(9-10(2)8-18)11(3)15(20)12-5-6-13(16)14(17)7-12/h5-7,10-11H,4,9H2,1-3H3. The van der Waals surface area contributed by atoms with E-state index in [0.29, 0.717) is 13.1 Å². The summed E-state index contributed by atoms with van der Waals surface area (Å²) in [5.74, 6) is -2.48. The molecule has 1 aromatic rings. The molecule has 0 aliphatic rings. The third-order valence-corrected chi connectivity index (χ3v) is 3.27. The Morgan fingerprint density at radius 1 is 1.35 bits per heavy atom. The van der Waals surface area contributed by atoms with Crippen molar-refractivity contribution < 1.29 is 13.6 Å². The number of hydrogen-bond donors (Lipinski definition) is 0. The molecule has 0 radical (unpaired) electrons. The predicted octanol–water partition coefficient (Wildman–Crippen LogP) is 3.02. The Labute approximate surface area is 117 Å². The van der Waals surface area contributed by atoms with Crippen LogP contribution in [0.3, 0.4) is 0 Å². The SMILES string of the molecule is CCN(CC(C)C#N)C(C)C(=O)c1ccc(F)c(F)c1. The summed E-state index contributed by atoms with van der Waals surface area (Å²) >= 11 is 0. The van der Waals surface area contributed by atoms with Gasteiger partial charge in [0.05, 0.1) is 18.0 Å². The topological polar surface area (TPSA) is 44.1 Å². The molecule has 3 nitrogen and oxygen atoms in total. The maximum atomic E-state index is 13.2. The number of likely N-dealkylation sites (N-methyl/N-ethyl adjacent to an activating group) is 1. The molecule has 2 atom stereocenters. The number of hydrogen-bond acceptors (Lipinski definition) is 3. The molecule has 0 saturated heterocycles. The summed E-state index contributed by atoms with van der Waals surface area (Å²) < 4.78 is 26.0. The van der Waals surface area contributed by atoms with Gasteiger partial charge in [-0.15, -0.1) is 0 Å². The molecular weight excluding hydrogens is 262 g/mol. The normalized spacial score (nSPS) is 13.8. The highest BCUT2D eigenvalue weighted by molar-refractivity contribution is 5.99. The smallest absolute Gasteiger partial charge is 0.179 e. The van der Waals surface area contributed by atoms with Crippen LogP contribution in [0.2, 0.25) is 0 Å². The van der Waals surface area contributed by atoms with Gasteiger partial charge in [-0.25, -0.2) is 8.78 Å². The van der Waals surface area contributed by atoms with Crippen molar-refractivity contribution in [1.29, 1.82) is 5.26 Å². The number of benzene rings is 1. The third kappa shape index (κ3) is 3.84. The molecule has 108 valence electrons. The Balaban J connectivity index is 2.88. The van der Waals surface area contributed by atoms with Crippen molar-refractivity contribution in [3.63, 3.8) is 0 Å². The number of carbonyl (C=O) groups is 1. The van der Waals surface area contributed by atoms with E-state index in [-0.39, 0.29) is 17.3 Å². The van der Waals surface area contributed by atoms with Gasteiger partial charge in [0.25, 0.3) is 0 Å². The molecule has 0 spiro atoms. The average Bonchev–Trinajstić information content (AvgIpc) is 2.45. The van der Waals surface area contributed by atoms with E-state index >= 15 is 0 Å². The monoisotopic (exact) mass is 280 g/mol. The molecule has 2 unspecified atom stereocenters. The molecule has 1 aromatic carbocycles. The van der Waals surface area contributed by atoms with Crippen molar-refractivity contribution >= 4 is 5.78 Å². The highest BCUT2D eigenvalue weighted by Crippen LogP contribution is 2.14. The Kier molecular flexibility index (Phi) is 5.78. The van der Waals surface area contributed by atoms with Crippen molar-refractivity contribution in [3.8, 4) is 6.07 Å². The van der Waals surface area contributed by atoms with Crippen LogP contribution in [0.25, 0.3) is 0 Å². The quantitative estimate of drug-likeness (QED) is 0.752. The summed E-state index contributed by atoms with van der Waals surface area (Å²) in [6.45, 7) is 6.43. The lowest BCUT2D eigenvalue weighted by Gasteiger charge is -2.27. The second-order valence-corrected chi connectivity index (χ2v) is 4.79. The summed E-state index contributed by atoms with van der Waals surface area (Å²) in [6, 6.07) is 4.77. The van der Waals surface area contributed by atoms with Gasteiger partial charge in [-0.05, 0) is 38.6 Å². The molecule has 0 aromatic heterocycles. The number of nitrogens with zero attached hydrogens (tertiary/aromatic N) is 2. The highest BCUT2D eigenvalue weighted by Gasteiger charge is 2.23. The minimum atomic E-state index is -1.03. The number of rotatable bonds is 6. The summed E-state index contributed by atoms with van der Waals surface area (Å²) in [4.78, 5) is 14.1. The first kappa shape index (κ1) is 16.3. The molecule has 5 heteroatoms. The molecule has 20 heavy (non-hydrogen) atoms.